The first-order chi connectivity index (χ1) is 13.3. The molecule has 2 aliphatic heterocycles. The number of rotatable bonds is 4. The van der Waals surface area contributed by atoms with Crippen molar-refractivity contribution in [1.29, 1.82) is 0 Å². The Bertz CT molecular complexity index is 843. The molecule has 1 unspecified atom stereocenters. The van der Waals surface area contributed by atoms with Crippen LogP contribution in [-0.2, 0) is 0 Å². The number of hydrazine groups is 1. The molecule has 0 aromatic carbocycles. The zero-order valence-corrected chi connectivity index (χ0v) is 16.0. The topological polar surface area (TPSA) is 69.5 Å². The van der Waals surface area contributed by atoms with Gasteiger partial charge in [-0.2, -0.15) is 9.61 Å². The predicted octanol–water partition coefficient (Wildman–Crippen LogP) is 2.34. The van der Waals surface area contributed by atoms with Crippen LogP contribution in [0.4, 0.5) is 5.82 Å². The quantitative estimate of drug-likeness (QED) is 0.771. The molecule has 5 rings (SSSR count). The summed E-state index contributed by atoms with van der Waals surface area (Å²) >= 11 is 0. The molecule has 144 valence electrons. The minimum atomic E-state index is 0.481. The largest absolute Gasteiger partial charge is 0.367 e. The maximum Gasteiger partial charge on any atom is 0.165 e. The van der Waals surface area contributed by atoms with Crippen LogP contribution in [0.25, 0.3) is 11.2 Å². The molecule has 4 heterocycles. The van der Waals surface area contributed by atoms with Crippen molar-refractivity contribution >= 4 is 17.0 Å². The minimum absolute atomic E-state index is 0.481. The maximum atomic E-state index is 5.10. The number of nitrogens with one attached hydrogen (secondary N) is 3. The Labute approximate surface area is 160 Å². The van der Waals surface area contributed by atoms with E-state index in [0.717, 1.165) is 36.7 Å². The lowest BCUT2D eigenvalue weighted by molar-refractivity contribution is 0.374. The summed E-state index contributed by atoms with van der Waals surface area (Å²) in [4.78, 5) is 5.10. The van der Waals surface area contributed by atoms with Gasteiger partial charge in [0.1, 0.15) is 5.82 Å². The molecule has 1 saturated heterocycles. The van der Waals surface area contributed by atoms with Crippen LogP contribution in [0.1, 0.15) is 55.7 Å². The highest BCUT2D eigenvalue weighted by Crippen LogP contribution is 2.30. The third kappa shape index (κ3) is 3.30. The molecule has 2 aromatic rings. The van der Waals surface area contributed by atoms with E-state index in [1.807, 2.05) is 22.8 Å². The Morgan fingerprint density at radius 3 is 2.81 bits per heavy atom. The van der Waals surface area contributed by atoms with Crippen molar-refractivity contribution in [2.45, 2.75) is 50.5 Å². The van der Waals surface area contributed by atoms with Gasteiger partial charge in [0.2, 0.25) is 0 Å². The Hall–Kier alpha value is -2.12. The standard InChI is InChI=1S/C20H29N7/c1-26-13-15(11-22-26)17-12-23-27-19(24-16-6-2-3-7-16)9-18(25-20(17)27)14-5-4-8-21-10-14/h9,12-14,16,21-22,24H,2-8,10-11H2,1H3. The number of piperidine rings is 1. The summed E-state index contributed by atoms with van der Waals surface area (Å²) in [6.45, 7) is 2.96. The molecule has 27 heavy (non-hydrogen) atoms. The van der Waals surface area contributed by atoms with Crippen molar-refractivity contribution in [2.24, 2.45) is 0 Å². The van der Waals surface area contributed by atoms with Gasteiger partial charge in [-0.1, -0.05) is 12.8 Å². The molecular formula is C20H29N7. The van der Waals surface area contributed by atoms with Crippen LogP contribution in [0.15, 0.2) is 18.5 Å². The van der Waals surface area contributed by atoms with Crippen molar-refractivity contribution < 1.29 is 0 Å². The van der Waals surface area contributed by atoms with Crippen molar-refractivity contribution in [3.05, 3.63) is 29.7 Å². The van der Waals surface area contributed by atoms with Crippen LogP contribution in [0.3, 0.4) is 0 Å². The molecule has 0 spiro atoms. The summed E-state index contributed by atoms with van der Waals surface area (Å²) in [5, 5.41) is 14.0. The molecule has 2 aromatic heterocycles. The summed E-state index contributed by atoms with van der Waals surface area (Å²) in [5.41, 5.74) is 7.86. The van der Waals surface area contributed by atoms with Gasteiger partial charge >= 0.3 is 0 Å². The van der Waals surface area contributed by atoms with Gasteiger partial charge in [0, 0.05) is 49.9 Å². The van der Waals surface area contributed by atoms with E-state index in [-0.39, 0.29) is 0 Å². The maximum absolute atomic E-state index is 5.10. The van der Waals surface area contributed by atoms with Gasteiger partial charge in [-0.25, -0.2) is 10.4 Å². The number of hydrogen-bond donors (Lipinski definition) is 3. The fourth-order valence-corrected chi connectivity index (χ4v) is 4.60. The summed E-state index contributed by atoms with van der Waals surface area (Å²) in [7, 11) is 2.03. The molecule has 3 N–H and O–H groups in total. The molecule has 7 heteroatoms. The zero-order valence-electron chi connectivity index (χ0n) is 16.0. The van der Waals surface area contributed by atoms with Crippen molar-refractivity contribution in [3.8, 4) is 0 Å². The molecular weight excluding hydrogens is 338 g/mol. The van der Waals surface area contributed by atoms with Crippen molar-refractivity contribution in [2.75, 3.05) is 32.0 Å². The second kappa shape index (κ2) is 7.13. The SMILES string of the molecule is CN1C=C(c2cnn3c(NC4CCCC4)cc(C4CCCNC4)nc23)CN1. The van der Waals surface area contributed by atoms with E-state index >= 15 is 0 Å². The number of anilines is 1. The fourth-order valence-electron chi connectivity index (χ4n) is 4.60. The van der Waals surface area contributed by atoms with E-state index in [9.17, 15) is 0 Å². The van der Waals surface area contributed by atoms with Crippen LogP contribution in [0, 0.1) is 0 Å². The molecule has 0 bridgehead atoms. The normalized spacial score (nSPS) is 24.0. The Morgan fingerprint density at radius 1 is 1.19 bits per heavy atom. The lowest BCUT2D eigenvalue weighted by Crippen LogP contribution is -2.29. The second-order valence-corrected chi connectivity index (χ2v) is 8.13. The molecule has 1 atom stereocenters. The fraction of sp³-hybridized carbons (Fsp3) is 0.600. The molecule has 2 fully saturated rings. The average Bonchev–Trinajstić information content (AvgIpc) is 3.43. The first kappa shape index (κ1) is 17.0. The lowest BCUT2D eigenvalue weighted by Gasteiger charge is -2.24. The third-order valence-electron chi connectivity index (χ3n) is 6.13. The Morgan fingerprint density at radius 2 is 2.07 bits per heavy atom. The number of aromatic nitrogens is 3. The third-order valence-corrected chi connectivity index (χ3v) is 6.13. The van der Waals surface area contributed by atoms with E-state index in [0.29, 0.717) is 12.0 Å². The lowest BCUT2D eigenvalue weighted by atomic mass is 9.95. The van der Waals surface area contributed by atoms with Crippen LogP contribution in [0.2, 0.25) is 0 Å². The van der Waals surface area contributed by atoms with Gasteiger partial charge in [-0.15, -0.1) is 0 Å². The van der Waals surface area contributed by atoms with Crippen molar-refractivity contribution in [3.63, 3.8) is 0 Å². The number of hydrogen-bond acceptors (Lipinski definition) is 6. The summed E-state index contributed by atoms with van der Waals surface area (Å²) in [5.74, 6) is 1.58. The zero-order chi connectivity index (χ0) is 18.2. The van der Waals surface area contributed by atoms with E-state index < -0.39 is 0 Å². The number of nitrogens with zero attached hydrogens (tertiary/aromatic N) is 4. The minimum Gasteiger partial charge on any atom is -0.367 e. The molecule has 0 radical (unpaired) electrons. The van der Waals surface area contributed by atoms with Crippen LogP contribution >= 0.6 is 0 Å². The molecule has 1 saturated carbocycles. The average molecular weight is 368 g/mol. The van der Waals surface area contributed by atoms with Gasteiger partial charge in [-0.3, -0.25) is 0 Å². The van der Waals surface area contributed by atoms with Gasteiger partial charge in [-0.05, 0) is 37.8 Å². The smallest absolute Gasteiger partial charge is 0.165 e. The van der Waals surface area contributed by atoms with E-state index in [1.54, 1.807) is 0 Å². The second-order valence-electron chi connectivity index (χ2n) is 8.13. The van der Waals surface area contributed by atoms with Crippen LogP contribution in [-0.4, -0.2) is 52.3 Å². The van der Waals surface area contributed by atoms with E-state index in [2.05, 4.69) is 28.3 Å². The summed E-state index contributed by atoms with van der Waals surface area (Å²) in [6, 6.07) is 2.80. The van der Waals surface area contributed by atoms with Crippen LogP contribution < -0.4 is 16.1 Å². The highest BCUT2D eigenvalue weighted by atomic mass is 15.5. The molecule has 0 amide bonds. The first-order valence-electron chi connectivity index (χ1n) is 10.3. The van der Waals surface area contributed by atoms with Gasteiger partial charge < -0.3 is 15.6 Å². The van der Waals surface area contributed by atoms with Crippen LogP contribution in [0.5, 0.6) is 0 Å². The van der Waals surface area contributed by atoms with Gasteiger partial charge in [0.15, 0.2) is 5.65 Å². The molecule has 1 aliphatic carbocycles. The predicted molar refractivity (Wildman–Crippen MR) is 107 cm³/mol. The highest BCUT2D eigenvalue weighted by Gasteiger charge is 2.24. The monoisotopic (exact) mass is 367 g/mol. The highest BCUT2D eigenvalue weighted by molar-refractivity contribution is 5.78. The summed E-state index contributed by atoms with van der Waals surface area (Å²) in [6.07, 6.45) is 11.7. The van der Waals surface area contributed by atoms with E-state index in [1.165, 1.54) is 49.8 Å². The van der Waals surface area contributed by atoms with E-state index in [4.69, 9.17) is 10.1 Å². The Kier molecular flexibility index (Phi) is 4.49. The first-order valence-corrected chi connectivity index (χ1v) is 10.3. The molecule has 3 aliphatic rings. The Balaban J connectivity index is 1.58. The summed E-state index contributed by atoms with van der Waals surface area (Å²) < 4.78 is 2.01. The van der Waals surface area contributed by atoms with Gasteiger partial charge in [0.05, 0.1) is 11.9 Å². The van der Waals surface area contributed by atoms with Crippen molar-refractivity contribution in [1.82, 2.24) is 30.3 Å². The molecule has 7 nitrogen and oxygen atoms in total. The van der Waals surface area contributed by atoms with Gasteiger partial charge in [0.25, 0.3) is 0 Å². The number of fused-ring (bicyclic) bond motifs is 1.